The number of hydrogen-bond acceptors (Lipinski definition) is 6. The van der Waals surface area contributed by atoms with Crippen LogP contribution < -0.4 is 0 Å². The number of hydrogen-bond donors (Lipinski definition) is 1. The van der Waals surface area contributed by atoms with Crippen molar-refractivity contribution in [3.63, 3.8) is 0 Å². The normalized spacial score (nSPS) is 36.3. The molecule has 178 valence electrons. The van der Waals surface area contributed by atoms with Crippen molar-refractivity contribution in [2.45, 2.75) is 82.1 Å². The first kappa shape index (κ1) is 23.2. The quantitative estimate of drug-likeness (QED) is 0.448. The van der Waals surface area contributed by atoms with Gasteiger partial charge in [-0.3, -0.25) is 14.4 Å². The third-order valence-corrected chi connectivity index (χ3v) is 8.02. The van der Waals surface area contributed by atoms with Gasteiger partial charge < -0.3 is 24.4 Å². The lowest BCUT2D eigenvalue weighted by atomic mass is 9.66. The Morgan fingerprint density at radius 1 is 1.31 bits per heavy atom. The molecule has 8 heteroatoms. The minimum absolute atomic E-state index is 0.0374. The van der Waals surface area contributed by atoms with Crippen LogP contribution in [0, 0.1) is 11.8 Å². The summed E-state index contributed by atoms with van der Waals surface area (Å²) in [5, 5.41) is 9.71. The predicted molar refractivity (Wildman–Crippen MR) is 116 cm³/mol. The molecule has 2 amide bonds. The van der Waals surface area contributed by atoms with E-state index in [1.54, 1.807) is 13.0 Å². The van der Waals surface area contributed by atoms with Crippen LogP contribution in [0.5, 0.6) is 0 Å². The number of β-amino-alcohol motifs (C(OH)–C–C–N with tert-alkyl or cyclic N) is 1. The summed E-state index contributed by atoms with van der Waals surface area (Å²) in [4.78, 5) is 44.0. The Balaban J connectivity index is 1.73. The molecule has 2 unspecified atom stereocenters. The average molecular weight is 449 g/mol. The first-order valence-electron chi connectivity index (χ1n) is 12.0. The SMILES string of the molecule is C=CCN(C(=O)C1N(CCO)C(=O)[C@@H]2[C@@H](C(=O)OCC)[C@@]3(C)CCC12O3)C1CCCCC1. The summed E-state index contributed by atoms with van der Waals surface area (Å²) in [7, 11) is 0. The molecule has 0 aromatic carbocycles. The number of fused-ring (bicyclic) bond motifs is 1. The first-order chi connectivity index (χ1) is 15.3. The highest BCUT2D eigenvalue weighted by Gasteiger charge is 2.78. The summed E-state index contributed by atoms with van der Waals surface area (Å²) >= 11 is 0. The maximum Gasteiger partial charge on any atom is 0.312 e. The standard InChI is InChI=1S/C24H36N2O6/c1-4-13-25(16-9-7-6-8-10-16)21(29)19-24-12-11-23(3,32-24)18(22(30)31-5-2)17(24)20(28)26(19)14-15-27/h4,16-19,27H,1,5-15H2,2-3H3/t17-,18-,19?,23+,24?/m0/s1. The molecule has 4 rings (SSSR count). The summed E-state index contributed by atoms with van der Waals surface area (Å²) in [5.41, 5.74) is -1.89. The van der Waals surface area contributed by atoms with Crippen molar-refractivity contribution in [2.75, 3.05) is 26.3 Å². The number of nitrogens with zero attached hydrogens (tertiary/aromatic N) is 2. The highest BCUT2D eigenvalue weighted by Crippen LogP contribution is 2.63. The maximum absolute atomic E-state index is 14.1. The predicted octanol–water partition coefficient (Wildman–Crippen LogP) is 1.65. The Labute approximate surface area is 189 Å². The number of likely N-dealkylation sites (tertiary alicyclic amines) is 1. The highest BCUT2D eigenvalue weighted by molar-refractivity contribution is 5.98. The molecule has 4 fully saturated rings. The van der Waals surface area contributed by atoms with E-state index in [1.807, 2.05) is 11.8 Å². The van der Waals surface area contributed by atoms with Gasteiger partial charge in [-0.25, -0.2) is 0 Å². The molecule has 0 aromatic heterocycles. The molecule has 1 spiro atoms. The van der Waals surface area contributed by atoms with Gasteiger partial charge in [-0.05, 0) is 39.5 Å². The van der Waals surface area contributed by atoms with E-state index in [9.17, 15) is 19.5 Å². The number of esters is 1. The third kappa shape index (κ3) is 3.37. The minimum atomic E-state index is -1.07. The zero-order valence-corrected chi connectivity index (χ0v) is 19.3. The van der Waals surface area contributed by atoms with Crippen LogP contribution in [0.3, 0.4) is 0 Å². The van der Waals surface area contributed by atoms with E-state index in [0.29, 0.717) is 19.4 Å². The zero-order valence-electron chi connectivity index (χ0n) is 19.3. The summed E-state index contributed by atoms with van der Waals surface area (Å²) in [5.74, 6) is -2.40. The van der Waals surface area contributed by atoms with Gasteiger partial charge in [0.25, 0.3) is 0 Å². The lowest BCUT2D eigenvalue weighted by Gasteiger charge is -2.40. The molecule has 4 aliphatic rings. The molecule has 3 heterocycles. The topological polar surface area (TPSA) is 96.4 Å². The van der Waals surface area contributed by atoms with Crippen LogP contribution in [-0.4, -0.2) is 82.3 Å². The van der Waals surface area contributed by atoms with Crippen LogP contribution in [0.1, 0.15) is 58.8 Å². The molecule has 0 aromatic rings. The van der Waals surface area contributed by atoms with E-state index in [2.05, 4.69) is 6.58 Å². The van der Waals surface area contributed by atoms with Gasteiger partial charge in [-0.2, -0.15) is 0 Å². The van der Waals surface area contributed by atoms with Crippen LogP contribution in [-0.2, 0) is 23.9 Å². The van der Waals surface area contributed by atoms with Gasteiger partial charge in [-0.1, -0.05) is 25.3 Å². The Morgan fingerprint density at radius 3 is 2.66 bits per heavy atom. The molecular weight excluding hydrogens is 412 g/mol. The molecule has 1 N–H and O–H groups in total. The van der Waals surface area contributed by atoms with Gasteiger partial charge in [0.1, 0.15) is 17.6 Å². The molecule has 3 saturated heterocycles. The van der Waals surface area contributed by atoms with Crippen molar-refractivity contribution in [1.29, 1.82) is 0 Å². The van der Waals surface area contributed by atoms with Crippen molar-refractivity contribution < 1.29 is 29.0 Å². The van der Waals surface area contributed by atoms with Crippen LogP contribution in [0.15, 0.2) is 12.7 Å². The first-order valence-corrected chi connectivity index (χ1v) is 12.0. The number of amides is 2. The number of aliphatic hydroxyl groups excluding tert-OH is 1. The van der Waals surface area contributed by atoms with Crippen molar-refractivity contribution in [2.24, 2.45) is 11.8 Å². The van der Waals surface area contributed by atoms with E-state index < -0.39 is 35.0 Å². The van der Waals surface area contributed by atoms with Gasteiger partial charge in [0.15, 0.2) is 0 Å². The fourth-order valence-corrected chi connectivity index (χ4v) is 6.75. The molecule has 2 bridgehead atoms. The van der Waals surface area contributed by atoms with Gasteiger partial charge >= 0.3 is 5.97 Å². The molecule has 1 saturated carbocycles. The fourth-order valence-electron chi connectivity index (χ4n) is 6.75. The molecule has 32 heavy (non-hydrogen) atoms. The second-order valence-corrected chi connectivity index (χ2v) is 9.81. The Morgan fingerprint density at radius 2 is 2.03 bits per heavy atom. The number of aliphatic hydroxyl groups is 1. The van der Waals surface area contributed by atoms with Gasteiger partial charge in [0.05, 0.1) is 24.7 Å². The lowest BCUT2D eigenvalue weighted by Crippen LogP contribution is -2.58. The highest BCUT2D eigenvalue weighted by atomic mass is 16.6. The summed E-state index contributed by atoms with van der Waals surface area (Å²) in [6.45, 7) is 7.84. The van der Waals surface area contributed by atoms with Gasteiger partial charge in [0.2, 0.25) is 11.8 Å². The third-order valence-electron chi connectivity index (χ3n) is 8.02. The van der Waals surface area contributed by atoms with E-state index in [0.717, 1.165) is 25.7 Å². The van der Waals surface area contributed by atoms with E-state index >= 15 is 0 Å². The Bertz CT molecular complexity index is 780. The van der Waals surface area contributed by atoms with Crippen molar-refractivity contribution in [1.82, 2.24) is 9.80 Å². The largest absolute Gasteiger partial charge is 0.466 e. The molecule has 1 aliphatic carbocycles. The number of ether oxygens (including phenoxy) is 2. The zero-order chi connectivity index (χ0) is 23.1. The smallest absolute Gasteiger partial charge is 0.312 e. The van der Waals surface area contributed by atoms with Crippen molar-refractivity contribution >= 4 is 17.8 Å². The monoisotopic (exact) mass is 448 g/mol. The Kier molecular flexibility index (Phi) is 6.38. The van der Waals surface area contributed by atoms with Gasteiger partial charge in [0, 0.05) is 19.1 Å². The van der Waals surface area contributed by atoms with Crippen molar-refractivity contribution in [3.05, 3.63) is 12.7 Å². The summed E-state index contributed by atoms with van der Waals surface area (Å²) in [6.07, 6.45) is 8.01. The van der Waals surface area contributed by atoms with Crippen LogP contribution in [0.25, 0.3) is 0 Å². The number of carbonyl (C=O) groups is 3. The van der Waals surface area contributed by atoms with E-state index in [-0.39, 0.29) is 37.6 Å². The molecule has 3 aliphatic heterocycles. The molecular formula is C24H36N2O6. The molecule has 0 radical (unpaired) electrons. The molecule has 8 nitrogen and oxygen atoms in total. The summed E-state index contributed by atoms with van der Waals surface area (Å²) in [6, 6.07) is -0.749. The van der Waals surface area contributed by atoms with Crippen LogP contribution >= 0.6 is 0 Å². The Hall–Kier alpha value is -1.93. The second-order valence-electron chi connectivity index (χ2n) is 9.81. The minimum Gasteiger partial charge on any atom is -0.466 e. The van der Waals surface area contributed by atoms with Gasteiger partial charge in [-0.15, -0.1) is 6.58 Å². The van der Waals surface area contributed by atoms with Crippen LogP contribution in [0.4, 0.5) is 0 Å². The second kappa shape index (κ2) is 8.78. The van der Waals surface area contributed by atoms with E-state index in [1.165, 1.54) is 11.3 Å². The summed E-state index contributed by atoms with van der Waals surface area (Å²) < 4.78 is 11.9. The maximum atomic E-state index is 14.1. The number of rotatable bonds is 8. The van der Waals surface area contributed by atoms with E-state index in [4.69, 9.17) is 9.47 Å². The molecule has 5 atom stereocenters. The fraction of sp³-hybridized carbons (Fsp3) is 0.792. The number of carbonyl (C=O) groups excluding carboxylic acids is 3. The van der Waals surface area contributed by atoms with Crippen LogP contribution in [0.2, 0.25) is 0 Å². The lowest BCUT2D eigenvalue weighted by molar-refractivity contribution is -0.160. The average Bonchev–Trinajstić information content (AvgIpc) is 3.34. The van der Waals surface area contributed by atoms with Crippen molar-refractivity contribution in [3.8, 4) is 0 Å².